The molecule has 3 heterocycles. The number of aromatic carboxylic acids is 1. The van der Waals surface area contributed by atoms with Crippen molar-refractivity contribution in [2.75, 3.05) is 38.8 Å². The summed E-state index contributed by atoms with van der Waals surface area (Å²) in [4.78, 5) is 47.4. The number of ether oxygens (including phenoxy) is 2. The quantitative estimate of drug-likeness (QED) is 0.263. The number of amides is 1. The Morgan fingerprint density at radius 3 is 2.71 bits per heavy atom. The van der Waals surface area contributed by atoms with Crippen molar-refractivity contribution < 1.29 is 29.0 Å². The van der Waals surface area contributed by atoms with E-state index in [4.69, 9.17) is 21.1 Å². The molecule has 0 bridgehead atoms. The lowest BCUT2D eigenvalue weighted by Gasteiger charge is -2.37. The normalized spacial score (nSPS) is 20.5. The number of carboxylic acid groups (broad SMARTS) is 1. The average Bonchev–Trinajstić information content (AvgIpc) is 3.43. The van der Waals surface area contributed by atoms with Gasteiger partial charge in [0.1, 0.15) is 21.4 Å². The maximum atomic E-state index is 12.7. The predicted octanol–water partition coefficient (Wildman–Crippen LogP) is 2.87. The summed E-state index contributed by atoms with van der Waals surface area (Å²) in [5.74, 6) is -1.77. The molecule has 10 nitrogen and oxygen atoms in total. The van der Waals surface area contributed by atoms with Crippen molar-refractivity contribution in [3.05, 3.63) is 21.3 Å². The Morgan fingerprint density at radius 2 is 2.09 bits per heavy atom. The number of allylic oxidation sites excluding steroid dienone is 1. The number of hydrogen-bond donors (Lipinski definition) is 2. The van der Waals surface area contributed by atoms with Gasteiger partial charge in [-0.05, 0) is 24.8 Å². The number of aliphatic imine (C=N–C) groups is 1. The van der Waals surface area contributed by atoms with E-state index in [9.17, 15) is 19.5 Å². The van der Waals surface area contributed by atoms with Gasteiger partial charge in [0.15, 0.2) is 10.9 Å². The standard InChI is InChI=1S/C22H29ClN4O6S/c1-4-12-10-14(24-19(12)23)20(29)25-13-7-8-27(11-16(13)33-3)22-26-17(18(34-22)21(30)31)15(28)6-5-9-32-2/h13,16H,4-11H2,1-3H3,(H,25,29)(H,30,31)/t13-,16+/m1/s1. The summed E-state index contributed by atoms with van der Waals surface area (Å²) in [7, 11) is 3.10. The molecule has 1 saturated heterocycles. The summed E-state index contributed by atoms with van der Waals surface area (Å²) < 4.78 is 10.6. The molecule has 1 fully saturated rings. The third kappa shape index (κ3) is 6.01. The molecule has 1 aromatic heterocycles. The molecule has 186 valence electrons. The number of anilines is 1. The number of nitrogens with one attached hydrogen (secondary N) is 1. The van der Waals surface area contributed by atoms with E-state index >= 15 is 0 Å². The SMILES string of the molecule is CCC1=C(Cl)N=C(C(=O)N[C@@H]2CCN(c3nc(C(=O)CCCOC)c(C(=O)O)s3)C[C@@H]2OC)C1. The Bertz CT molecular complexity index is 1010. The molecule has 3 rings (SSSR count). The van der Waals surface area contributed by atoms with Crippen molar-refractivity contribution in [2.45, 2.75) is 51.2 Å². The van der Waals surface area contributed by atoms with E-state index in [1.807, 2.05) is 11.8 Å². The van der Waals surface area contributed by atoms with Gasteiger partial charge in [0.2, 0.25) is 0 Å². The van der Waals surface area contributed by atoms with E-state index in [0.717, 1.165) is 23.3 Å². The third-order valence-electron chi connectivity index (χ3n) is 5.87. The van der Waals surface area contributed by atoms with Crippen LogP contribution in [0.3, 0.4) is 0 Å². The summed E-state index contributed by atoms with van der Waals surface area (Å²) in [6, 6.07) is -0.255. The van der Waals surface area contributed by atoms with Crippen molar-refractivity contribution >= 4 is 51.4 Å². The van der Waals surface area contributed by atoms with Gasteiger partial charge in [-0.2, -0.15) is 0 Å². The van der Waals surface area contributed by atoms with Gasteiger partial charge in [-0.3, -0.25) is 9.59 Å². The van der Waals surface area contributed by atoms with E-state index in [2.05, 4.69) is 15.3 Å². The highest BCUT2D eigenvalue weighted by Crippen LogP contribution is 2.31. The van der Waals surface area contributed by atoms with E-state index in [1.54, 1.807) is 14.2 Å². The van der Waals surface area contributed by atoms with Gasteiger partial charge in [-0.1, -0.05) is 29.9 Å². The highest BCUT2D eigenvalue weighted by Gasteiger charge is 2.34. The molecule has 0 aliphatic carbocycles. The van der Waals surface area contributed by atoms with Gasteiger partial charge in [0.05, 0.1) is 12.1 Å². The molecule has 0 radical (unpaired) electrons. The van der Waals surface area contributed by atoms with Gasteiger partial charge in [-0.15, -0.1) is 0 Å². The number of carboxylic acids is 1. The number of ketones is 1. The van der Waals surface area contributed by atoms with Gasteiger partial charge in [0.25, 0.3) is 5.91 Å². The molecule has 0 saturated carbocycles. The van der Waals surface area contributed by atoms with Crippen LogP contribution >= 0.6 is 22.9 Å². The summed E-state index contributed by atoms with van der Waals surface area (Å²) >= 11 is 7.07. The van der Waals surface area contributed by atoms with E-state index in [1.165, 1.54) is 0 Å². The number of hydrogen-bond acceptors (Lipinski definition) is 9. The summed E-state index contributed by atoms with van der Waals surface area (Å²) in [5, 5.41) is 13.4. The first kappa shape index (κ1) is 26.3. The van der Waals surface area contributed by atoms with Crippen LogP contribution in [0, 0.1) is 0 Å². The van der Waals surface area contributed by atoms with Gasteiger partial charge < -0.3 is 24.8 Å². The lowest BCUT2D eigenvalue weighted by Crippen LogP contribution is -2.55. The van der Waals surface area contributed by atoms with Crippen LogP contribution in [0.1, 0.15) is 59.2 Å². The predicted molar refractivity (Wildman–Crippen MR) is 129 cm³/mol. The Labute approximate surface area is 207 Å². The Balaban J connectivity index is 1.67. The van der Waals surface area contributed by atoms with Gasteiger partial charge in [0, 0.05) is 46.8 Å². The molecular formula is C22H29ClN4O6S. The fourth-order valence-corrected chi connectivity index (χ4v) is 5.19. The second-order valence-corrected chi connectivity index (χ2v) is 9.41. The highest BCUT2D eigenvalue weighted by atomic mass is 35.5. The fourth-order valence-electron chi connectivity index (χ4n) is 3.93. The highest BCUT2D eigenvalue weighted by molar-refractivity contribution is 7.17. The number of halogens is 1. The lowest BCUT2D eigenvalue weighted by molar-refractivity contribution is -0.116. The van der Waals surface area contributed by atoms with Crippen LogP contribution in [0.2, 0.25) is 0 Å². The smallest absolute Gasteiger partial charge is 0.348 e. The topological polar surface area (TPSA) is 130 Å². The molecule has 1 aromatic rings. The number of carbonyl (C=O) groups excluding carboxylic acids is 2. The zero-order chi connectivity index (χ0) is 24.8. The van der Waals surface area contributed by atoms with E-state index in [-0.39, 0.29) is 40.8 Å². The number of methoxy groups -OCH3 is 2. The van der Waals surface area contributed by atoms with Crippen molar-refractivity contribution in [3.63, 3.8) is 0 Å². The van der Waals surface area contributed by atoms with Crippen molar-refractivity contribution in [2.24, 2.45) is 4.99 Å². The van der Waals surface area contributed by atoms with Crippen LogP contribution in [0.15, 0.2) is 15.7 Å². The van der Waals surface area contributed by atoms with E-state index < -0.39 is 5.97 Å². The van der Waals surface area contributed by atoms with Crippen LogP contribution in [-0.4, -0.2) is 79.5 Å². The minimum absolute atomic E-state index is 0.0247. The van der Waals surface area contributed by atoms with Crippen LogP contribution in [0.5, 0.6) is 0 Å². The molecule has 0 unspecified atom stereocenters. The zero-order valence-electron chi connectivity index (χ0n) is 19.4. The Kier molecular flexibility index (Phi) is 9.17. The number of thiazole rings is 1. The van der Waals surface area contributed by atoms with Crippen molar-refractivity contribution in [3.8, 4) is 0 Å². The van der Waals surface area contributed by atoms with Crippen LogP contribution in [0.4, 0.5) is 5.13 Å². The van der Waals surface area contributed by atoms with Crippen LogP contribution in [-0.2, 0) is 14.3 Å². The first-order chi connectivity index (χ1) is 16.3. The van der Waals surface area contributed by atoms with Gasteiger partial charge >= 0.3 is 5.97 Å². The maximum absolute atomic E-state index is 12.7. The molecule has 2 N–H and O–H groups in total. The second kappa shape index (κ2) is 11.9. The van der Waals surface area contributed by atoms with Crippen molar-refractivity contribution in [1.29, 1.82) is 0 Å². The number of aromatic nitrogens is 1. The number of nitrogens with zero attached hydrogens (tertiary/aromatic N) is 3. The molecular weight excluding hydrogens is 484 g/mol. The van der Waals surface area contributed by atoms with E-state index in [0.29, 0.717) is 55.0 Å². The first-order valence-corrected chi connectivity index (χ1v) is 12.3. The van der Waals surface area contributed by atoms with Gasteiger partial charge in [-0.25, -0.2) is 14.8 Å². The molecule has 0 aromatic carbocycles. The molecule has 34 heavy (non-hydrogen) atoms. The maximum Gasteiger partial charge on any atom is 0.348 e. The zero-order valence-corrected chi connectivity index (χ0v) is 21.0. The monoisotopic (exact) mass is 512 g/mol. The molecule has 0 spiro atoms. The fraction of sp³-hybridized carbons (Fsp3) is 0.591. The minimum Gasteiger partial charge on any atom is -0.477 e. The molecule has 12 heteroatoms. The molecule has 2 atom stereocenters. The molecule has 2 aliphatic heterocycles. The summed E-state index contributed by atoms with van der Waals surface area (Å²) in [6.07, 6.45) is 2.03. The number of carbonyl (C=O) groups is 3. The molecule has 2 aliphatic rings. The molecule has 1 amide bonds. The lowest BCUT2D eigenvalue weighted by atomic mass is 10.0. The van der Waals surface area contributed by atoms with Crippen molar-refractivity contribution in [1.82, 2.24) is 10.3 Å². The largest absolute Gasteiger partial charge is 0.477 e. The second-order valence-electron chi connectivity index (χ2n) is 8.07. The van der Waals surface area contributed by atoms with Crippen LogP contribution < -0.4 is 10.2 Å². The Morgan fingerprint density at radius 1 is 1.32 bits per heavy atom. The number of Topliss-reactive ketones (excluding diaryl/α,β-unsaturated/α-hetero) is 1. The average molecular weight is 513 g/mol. The third-order valence-corrected chi connectivity index (χ3v) is 7.33. The Hall–Kier alpha value is -2.34. The number of piperidine rings is 1. The first-order valence-electron chi connectivity index (χ1n) is 11.1. The summed E-state index contributed by atoms with van der Waals surface area (Å²) in [5.41, 5.74) is 1.31. The van der Waals surface area contributed by atoms with Crippen LogP contribution in [0.25, 0.3) is 0 Å². The number of rotatable bonds is 11. The summed E-state index contributed by atoms with van der Waals surface area (Å²) in [6.45, 7) is 3.28. The minimum atomic E-state index is -1.18.